The SMILES string of the molecule is Cn1nc(-c2ccc(Cl)cc2Cl)c(Cl)c1OC(F)F. The Labute approximate surface area is 122 Å². The van der Waals surface area contributed by atoms with Gasteiger partial charge in [-0.2, -0.15) is 13.9 Å². The van der Waals surface area contributed by atoms with Crippen LogP contribution in [0.2, 0.25) is 15.1 Å². The first-order chi connectivity index (χ1) is 8.90. The quantitative estimate of drug-likeness (QED) is 0.820. The molecule has 0 saturated carbocycles. The van der Waals surface area contributed by atoms with Crippen LogP contribution in [0.25, 0.3) is 11.3 Å². The molecule has 102 valence electrons. The fourth-order valence-electron chi connectivity index (χ4n) is 1.55. The topological polar surface area (TPSA) is 27.1 Å². The molecule has 1 aromatic carbocycles. The van der Waals surface area contributed by atoms with Crippen LogP contribution in [-0.4, -0.2) is 16.4 Å². The molecular weight excluding hydrogens is 320 g/mol. The van der Waals surface area contributed by atoms with Gasteiger partial charge in [0.25, 0.3) is 0 Å². The molecule has 0 saturated heterocycles. The van der Waals surface area contributed by atoms with Crippen LogP contribution in [0.3, 0.4) is 0 Å². The van der Waals surface area contributed by atoms with Crippen molar-refractivity contribution in [1.29, 1.82) is 0 Å². The van der Waals surface area contributed by atoms with Crippen LogP contribution in [0.1, 0.15) is 0 Å². The molecule has 0 aliphatic rings. The molecule has 0 atom stereocenters. The Morgan fingerprint density at radius 3 is 2.53 bits per heavy atom. The Balaban J connectivity index is 2.51. The Morgan fingerprint density at radius 2 is 1.95 bits per heavy atom. The minimum Gasteiger partial charge on any atom is -0.416 e. The Kier molecular flexibility index (Phi) is 4.18. The second-order valence-corrected chi connectivity index (χ2v) is 4.82. The number of ether oxygens (including phenoxy) is 1. The van der Waals surface area contributed by atoms with Gasteiger partial charge in [-0.15, -0.1) is 0 Å². The van der Waals surface area contributed by atoms with Crippen molar-refractivity contribution >= 4 is 34.8 Å². The zero-order valence-electron chi connectivity index (χ0n) is 9.50. The summed E-state index contributed by atoms with van der Waals surface area (Å²) in [7, 11) is 1.44. The van der Waals surface area contributed by atoms with Crippen LogP contribution in [0.15, 0.2) is 18.2 Å². The van der Waals surface area contributed by atoms with Gasteiger partial charge >= 0.3 is 6.61 Å². The average molecular weight is 328 g/mol. The molecule has 0 spiro atoms. The van der Waals surface area contributed by atoms with Gasteiger partial charge in [-0.05, 0) is 18.2 Å². The van der Waals surface area contributed by atoms with Crippen molar-refractivity contribution in [2.75, 3.05) is 0 Å². The molecule has 2 aromatic rings. The summed E-state index contributed by atoms with van der Waals surface area (Å²) < 4.78 is 29.9. The van der Waals surface area contributed by atoms with Gasteiger partial charge in [0, 0.05) is 17.6 Å². The average Bonchev–Trinajstić information content (AvgIpc) is 2.57. The van der Waals surface area contributed by atoms with Crippen LogP contribution < -0.4 is 4.74 Å². The van der Waals surface area contributed by atoms with Crippen molar-refractivity contribution < 1.29 is 13.5 Å². The molecular formula is C11H7Cl3F2N2O. The zero-order valence-corrected chi connectivity index (χ0v) is 11.8. The fourth-order valence-corrected chi connectivity index (χ4v) is 2.35. The van der Waals surface area contributed by atoms with Crippen LogP contribution in [0.4, 0.5) is 8.78 Å². The molecule has 8 heteroatoms. The minimum absolute atomic E-state index is 0.0352. The first-order valence-corrected chi connectivity index (χ1v) is 6.16. The number of alkyl halides is 2. The molecule has 2 rings (SSSR count). The number of halogens is 5. The Bertz CT molecular complexity index is 616. The maximum Gasteiger partial charge on any atom is 0.388 e. The summed E-state index contributed by atoms with van der Waals surface area (Å²) in [5, 5.41) is 4.75. The van der Waals surface area contributed by atoms with Crippen molar-refractivity contribution in [3.8, 4) is 17.1 Å². The number of benzene rings is 1. The second kappa shape index (κ2) is 5.53. The highest BCUT2D eigenvalue weighted by atomic mass is 35.5. The van der Waals surface area contributed by atoms with Crippen molar-refractivity contribution in [2.45, 2.75) is 6.61 Å². The van der Waals surface area contributed by atoms with Gasteiger partial charge in [0.05, 0.1) is 5.02 Å². The van der Waals surface area contributed by atoms with E-state index in [1.54, 1.807) is 12.1 Å². The third kappa shape index (κ3) is 2.94. The van der Waals surface area contributed by atoms with E-state index in [4.69, 9.17) is 34.8 Å². The van der Waals surface area contributed by atoms with Crippen LogP contribution in [0, 0.1) is 0 Å². The number of hydrogen-bond donors (Lipinski definition) is 0. The summed E-state index contributed by atoms with van der Waals surface area (Å²) in [6.45, 7) is -2.98. The number of rotatable bonds is 3. The summed E-state index contributed by atoms with van der Waals surface area (Å²) >= 11 is 17.8. The molecule has 0 radical (unpaired) electrons. The molecule has 1 heterocycles. The predicted octanol–water partition coefficient (Wildman–Crippen LogP) is 4.65. The first-order valence-electron chi connectivity index (χ1n) is 5.03. The highest BCUT2D eigenvalue weighted by Crippen LogP contribution is 2.38. The fraction of sp³-hybridized carbons (Fsp3) is 0.182. The number of nitrogens with zero attached hydrogens (tertiary/aromatic N) is 2. The molecule has 0 amide bonds. The standard InChI is InChI=1S/C11H7Cl3F2N2O/c1-18-10(19-11(15)16)8(14)9(17-18)6-3-2-5(12)4-7(6)13/h2-4,11H,1H3. The first kappa shape index (κ1) is 14.4. The summed E-state index contributed by atoms with van der Waals surface area (Å²) in [5.41, 5.74) is 0.734. The van der Waals surface area contributed by atoms with Crippen molar-refractivity contribution in [1.82, 2.24) is 9.78 Å². The van der Waals surface area contributed by atoms with E-state index in [0.717, 1.165) is 4.68 Å². The molecule has 0 aliphatic heterocycles. The van der Waals surface area contributed by atoms with E-state index in [1.807, 2.05) is 0 Å². The minimum atomic E-state index is -2.98. The lowest BCUT2D eigenvalue weighted by atomic mass is 10.1. The lowest BCUT2D eigenvalue weighted by Gasteiger charge is -2.04. The van der Waals surface area contributed by atoms with Gasteiger partial charge in [-0.25, -0.2) is 4.68 Å². The second-order valence-electron chi connectivity index (χ2n) is 3.59. The molecule has 0 aliphatic carbocycles. The largest absolute Gasteiger partial charge is 0.416 e. The molecule has 0 unspecified atom stereocenters. The van der Waals surface area contributed by atoms with Crippen molar-refractivity contribution in [3.05, 3.63) is 33.3 Å². The highest BCUT2D eigenvalue weighted by Gasteiger charge is 2.21. The van der Waals surface area contributed by atoms with Gasteiger partial charge in [0.15, 0.2) is 0 Å². The summed E-state index contributed by atoms with van der Waals surface area (Å²) in [6.07, 6.45) is 0. The molecule has 0 bridgehead atoms. The lowest BCUT2D eigenvalue weighted by molar-refractivity contribution is -0.0552. The smallest absolute Gasteiger partial charge is 0.388 e. The van der Waals surface area contributed by atoms with Crippen molar-refractivity contribution in [2.24, 2.45) is 7.05 Å². The summed E-state index contributed by atoms with van der Waals surface area (Å²) in [5.74, 6) is -0.224. The van der Waals surface area contributed by atoms with Gasteiger partial charge in [0.2, 0.25) is 5.88 Å². The number of aromatic nitrogens is 2. The van der Waals surface area contributed by atoms with Gasteiger partial charge in [-0.1, -0.05) is 34.8 Å². The maximum atomic E-state index is 12.3. The monoisotopic (exact) mass is 326 g/mol. The van der Waals surface area contributed by atoms with Crippen LogP contribution >= 0.6 is 34.8 Å². The van der Waals surface area contributed by atoms with Gasteiger partial charge < -0.3 is 4.74 Å². The van der Waals surface area contributed by atoms with E-state index in [0.29, 0.717) is 15.6 Å². The highest BCUT2D eigenvalue weighted by molar-refractivity contribution is 6.38. The van der Waals surface area contributed by atoms with E-state index in [9.17, 15) is 8.78 Å². The van der Waals surface area contributed by atoms with Crippen LogP contribution in [-0.2, 0) is 7.05 Å². The molecule has 0 N–H and O–H groups in total. The Morgan fingerprint density at radius 1 is 1.26 bits per heavy atom. The summed E-state index contributed by atoms with van der Waals surface area (Å²) in [4.78, 5) is 0. The normalized spacial score (nSPS) is 11.1. The zero-order chi connectivity index (χ0) is 14.2. The van der Waals surface area contributed by atoms with Crippen molar-refractivity contribution in [3.63, 3.8) is 0 Å². The van der Waals surface area contributed by atoms with E-state index < -0.39 is 6.61 Å². The van der Waals surface area contributed by atoms with E-state index >= 15 is 0 Å². The van der Waals surface area contributed by atoms with E-state index in [2.05, 4.69) is 9.84 Å². The van der Waals surface area contributed by atoms with Gasteiger partial charge in [0.1, 0.15) is 10.7 Å². The predicted molar refractivity (Wildman–Crippen MR) is 70.3 cm³/mol. The van der Waals surface area contributed by atoms with E-state index in [1.165, 1.54) is 13.1 Å². The molecule has 1 aromatic heterocycles. The van der Waals surface area contributed by atoms with Crippen LogP contribution in [0.5, 0.6) is 5.88 Å². The molecule has 3 nitrogen and oxygen atoms in total. The molecule has 19 heavy (non-hydrogen) atoms. The lowest BCUT2D eigenvalue weighted by Crippen LogP contribution is -2.06. The van der Waals surface area contributed by atoms with Gasteiger partial charge in [-0.3, -0.25) is 0 Å². The number of aryl methyl sites for hydroxylation is 1. The number of hydrogen-bond acceptors (Lipinski definition) is 2. The maximum absolute atomic E-state index is 12.3. The third-order valence-electron chi connectivity index (χ3n) is 2.33. The Hall–Kier alpha value is -1.04. The third-order valence-corrected chi connectivity index (χ3v) is 3.22. The van der Waals surface area contributed by atoms with E-state index in [-0.39, 0.29) is 16.6 Å². The molecule has 0 fully saturated rings. The summed E-state index contributed by atoms with van der Waals surface area (Å²) in [6, 6.07) is 4.71.